The summed E-state index contributed by atoms with van der Waals surface area (Å²) in [6.45, 7) is 0.203. The van der Waals surface area contributed by atoms with E-state index in [0.717, 1.165) is 4.88 Å². The van der Waals surface area contributed by atoms with E-state index in [-0.39, 0.29) is 12.4 Å². The van der Waals surface area contributed by atoms with Gasteiger partial charge in [0.05, 0.1) is 4.88 Å². The first-order valence-electron chi connectivity index (χ1n) is 4.78. The Bertz CT molecular complexity index is 542. The minimum atomic E-state index is -0.390. The third-order valence-electron chi connectivity index (χ3n) is 1.98. The number of thiazole rings is 1. The average molecular weight is 268 g/mol. The fourth-order valence-corrected chi connectivity index (χ4v) is 2.05. The van der Waals surface area contributed by atoms with Crippen LogP contribution in [0.4, 0.5) is 4.39 Å². The van der Waals surface area contributed by atoms with Gasteiger partial charge in [-0.2, -0.15) is 0 Å². The molecule has 1 aromatic carbocycles. The molecule has 2 N–H and O–H groups in total. The van der Waals surface area contributed by atoms with Crippen molar-refractivity contribution in [2.45, 2.75) is 6.61 Å². The molecule has 0 saturated heterocycles. The van der Waals surface area contributed by atoms with E-state index in [4.69, 9.17) is 22.7 Å². The summed E-state index contributed by atoms with van der Waals surface area (Å²) in [6, 6.07) is 6.23. The second-order valence-electron chi connectivity index (χ2n) is 3.20. The largest absolute Gasteiger partial charge is 0.483 e. The highest BCUT2D eigenvalue weighted by molar-refractivity contribution is 7.81. The van der Waals surface area contributed by atoms with Crippen molar-refractivity contribution in [3.8, 4) is 5.75 Å². The Morgan fingerprint density at radius 1 is 1.47 bits per heavy atom. The minimum absolute atomic E-state index is 0.203. The average Bonchev–Trinajstić information content (AvgIpc) is 2.77. The lowest BCUT2D eigenvalue weighted by Crippen LogP contribution is -2.06. The number of rotatable bonds is 4. The zero-order chi connectivity index (χ0) is 12.3. The summed E-state index contributed by atoms with van der Waals surface area (Å²) in [4.78, 5) is 5.12. The number of halogens is 1. The number of hydrogen-bond donors (Lipinski definition) is 1. The number of nitrogens with two attached hydrogens (primary N) is 1. The van der Waals surface area contributed by atoms with E-state index in [9.17, 15) is 4.39 Å². The molecular formula is C11H9FN2OS2. The van der Waals surface area contributed by atoms with E-state index in [2.05, 4.69) is 4.98 Å². The van der Waals surface area contributed by atoms with Crippen LogP contribution in [-0.4, -0.2) is 9.97 Å². The summed E-state index contributed by atoms with van der Waals surface area (Å²) < 4.78 is 18.5. The predicted octanol–water partition coefficient (Wildman–Crippen LogP) is 2.50. The molecule has 0 bridgehead atoms. The summed E-state index contributed by atoms with van der Waals surface area (Å²) >= 11 is 6.16. The van der Waals surface area contributed by atoms with Crippen molar-refractivity contribution in [3.63, 3.8) is 0 Å². The fourth-order valence-electron chi connectivity index (χ4n) is 1.19. The van der Waals surface area contributed by atoms with Gasteiger partial charge in [0.2, 0.25) is 0 Å². The van der Waals surface area contributed by atoms with Gasteiger partial charge in [-0.1, -0.05) is 24.4 Å². The topological polar surface area (TPSA) is 48.1 Å². The van der Waals surface area contributed by atoms with Crippen LogP contribution in [0.15, 0.2) is 30.5 Å². The van der Waals surface area contributed by atoms with E-state index in [1.807, 2.05) is 0 Å². The van der Waals surface area contributed by atoms with Crippen molar-refractivity contribution < 1.29 is 9.13 Å². The minimum Gasteiger partial charge on any atom is -0.483 e. The van der Waals surface area contributed by atoms with Gasteiger partial charge in [0.25, 0.3) is 0 Å². The smallest absolute Gasteiger partial charge is 0.165 e. The number of hydrogen-bond acceptors (Lipinski definition) is 4. The zero-order valence-electron chi connectivity index (χ0n) is 8.72. The Kier molecular flexibility index (Phi) is 3.65. The highest BCUT2D eigenvalue weighted by Crippen LogP contribution is 2.19. The van der Waals surface area contributed by atoms with Gasteiger partial charge in [-0.05, 0) is 12.1 Å². The van der Waals surface area contributed by atoms with Gasteiger partial charge in [0, 0.05) is 6.20 Å². The maximum Gasteiger partial charge on any atom is 0.165 e. The Morgan fingerprint density at radius 3 is 2.88 bits per heavy atom. The lowest BCUT2D eigenvalue weighted by atomic mass is 10.3. The van der Waals surface area contributed by atoms with E-state index in [0.29, 0.717) is 10.00 Å². The summed E-state index contributed by atoms with van der Waals surface area (Å²) in [5.74, 6) is -0.182. The van der Waals surface area contributed by atoms with Gasteiger partial charge in [-0.3, -0.25) is 0 Å². The van der Waals surface area contributed by atoms with Crippen molar-refractivity contribution in [2.75, 3.05) is 0 Å². The molecule has 2 aromatic rings. The molecule has 1 aromatic heterocycles. The van der Waals surface area contributed by atoms with Crippen LogP contribution in [0.25, 0.3) is 0 Å². The summed E-state index contributed by atoms with van der Waals surface area (Å²) in [6.07, 6.45) is 1.59. The molecule has 17 heavy (non-hydrogen) atoms. The zero-order valence-corrected chi connectivity index (χ0v) is 10.4. The standard InChI is InChI=1S/C11H9FN2OS2/c12-7-3-1-2-4-8(7)15-6-10-14-5-9(17-10)11(13)16/h1-5H,6H2,(H2,13,16). The molecule has 2 rings (SSSR count). The van der Waals surface area contributed by atoms with Crippen molar-refractivity contribution in [3.05, 3.63) is 46.2 Å². The third kappa shape index (κ3) is 2.98. The molecule has 0 saturated carbocycles. The Labute approximate surface area is 107 Å². The van der Waals surface area contributed by atoms with E-state index >= 15 is 0 Å². The number of benzene rings is 1. The molecule has 6 heteroatoms. The van der Waals surface area contributed by atoms with Crippen molar-refractivity contribution in [1.82, 2.24) is 4.98 Å². The normalized spacial score (nSPS) is 10.2. The predicted molar refractivity (Wildman–Crippen MR) is 68.7 cm³/mol. The van der Waals surface area contributed by atoms with Gasteiger partial charge >= 0.3 is 0 Å². The van der Waals surface area contributed by atoms with Gasteiger partial charge in [-0.15, -0.1) is 11.3 Å². The molecule has 3 nitrogen and oxygen atoms in total. The van der Waals surface area contributed by atoms with Crippen LogP contribution in [0, 0.1) is 5.82 Å². The second-order valence-corrected chi connectivity index (χ2v) is 4.76. The number of thiocarbonyl (C=S) groups is 1. The molecule has 0 fully saturated rings. The third-order valence-corrected chi connectivity index (χ3v) is 3.34. The SMILES string of the molecule is NC(=S)c1cnc(COc2ccccc2F)s1. The van der Waals surface area contributed by atoms with Gasteiger partial charge in [-0.25, -0.2) is 9.37 Å². The lowest BCUT2D eigenvalue weighted by Gasteiger charge is -2.04. The highest BCUT2D eigenvalue weighted by Gasteiger charge is 2.06. The maximum atomic E-state index is 13.2. The Morgan fingerprint density at radius 2 is 2.24 bits per heavy atom. The molecule has 88 valence electrons. The maximum absolute atomic E-state index is 13.2. The summed E-state index contributed by atoms with van der Waals surface area (Å²) in [7, 11) is 0. The second kappa shape index (κ2) is 5.20. The van der Waals surface area contributed by atoms with Crippen LogP contribution in [0.3, 0.4) is 0 Å². The first-order valence-corrected chi connectivity index (χ1v) is 6.01. The quantitative estimate of drug-likeness (QED) is 0.866. The van der Waals surface area contributed by atoms with E-state index in [1.54, 1.807) is 24.4 Å². The molecule has 1 heterocycles. The molecule has 0 spiro atoms. The molecular weight excluding hydrogens is 259 g/mol. The van der Waals surface area contributed by atoms with Crippen molar-refractivity contribution in [2.24, 2.45) is 5.73 Å². The Hall–Kier alpha value is -1.53. The van der Waals surface area contributed by atoms with E-state index < -0.39 is 5.82 Å². The number of ether oxygens (including phenoxy) is 1. The lowest BCUT2D eigenvalue weighted by molar-refractivity contribution is 0.290. The van der Waals surface area contributed by atoms with Gasteiger partial charge in [0.15, 0.2) is 11.6 Å². The highest BCUT2D eigenvalue weighted by atomic mass is 32.1. The van der Waals surface area contributed by atoms with Crippen LogP contribution < -0.4 is 10.5 Å². The number of para-hydroxylation sites is 1. The molecule has 0 aliphatic rings. The van der Waals surface area contributed by atoms with Crippen LogP contribution in [0.2, 0.25) is 0 Å². The summed E-state index contributed by atoms with van der Waals surface area (Å²) in [5, 5.41) is 0.705. The Balaban J connectivity index is 2.02. The molecule has 0 aliphatic heterocycles. The van der Waals surface area contributed by atoms with Crippen LogP contribution in [0.1, 0.15) is 9.88 Å². The molecule has 0 unspecified atom stereocenters. The molecule has 0 atom stereocenters. The van der Waals surface area contributed by atoms with Crippen molar-refractivity contribution in [1.29, 1.82) is 0 Å². The summed E-state index contributed by atoms with van der Waals surface area (Å²) in [5.41, 5.74) is 5.46. The molecule has 0 amide bonds. The van der Waals surface area contributed by atoms with Crippen molar-refractivity contribution >= 4 is 28.5 Å². The first-order chi connectivity index (χ1) is 8.16. The number of aromatic nitrogens is 1. The van der Waals surface area contributed by atoms with Crippen LogP contribution in [-0.2, 0) is 6.61 Å². The fraction of sp³-hybridized carbons (Fsp3) is 0.0909. The number of nitrogens with zero attached hydrogens (tertiary/aromatic N) is 1. The monoisotopic (exact) mass is 268 g/mol. The van der Waals surface area contributed by atoms with Crippen LogP contribution >= 0.6 is 23.6 Å². The van der Waals surface area contributed by atoms with Gasteiger partial charge in [0.1, 0.15) is 16.6 Å². The van der Waals surface area contributed by atoms with Crippen LogP contribution in [0.5, 0.6) is 5.75 Å². The molecule has 0 radical (unpaired) electrons. The first kappa shape index (κ1) is 11.9. The van der Waals surface area contributed by atoms with Gasteiger partial charge < -0.3 is 10.5 Å². The van der Waals surface area contributed by atoms with E-state index in [1.165, 1.54) is 17.4 Å². The molecule has 0 aliphatic carbocycles.